The molecule has 0 saturated heterocycles. The lowest BCUT2D eigenvalue weighted by molar-refractivity contribution is -0.118. The van der Waals surface area contributed by atoms with Gasteiger partial charge in [-0.05, 0) is 30.3 Å². The molecule has 2 aromatic carbocycles. The predicted molar refractivity (Wildman–Crippen MR) is 123 cm³/mol. The number of nitrogens with one attached hydrogen (secondary N) is 3. The first-order valence-corrected chi connectivity index (χ1v) is 10.2. The summed E-state index contributed by atoms with van der Waals surface area (Å²) in [6.45, 7) is -0.0201. The number of imidazole rings is 1. The molecule has 11 heteroatoms. The lowest BCUT2D eigenvalue weighted by Crippen LogP contribution is -2.25. The van der Waals surface area contributed by atoms with E-state index >= 15 is 0 Å². The van der Waals surface area contributed by atoms with E-state index in [9.17, 15) is 10.1 Å². The Morgan fingerprint density at radius 1 is 1.15 bits per heavy atom. The zero-order valence-corrected chi connectivity index (χ0v) is 18.6. The molecule has 11 nitrogen and oxygen atoms in total. The maximum Gasteiger partial charge on any atom is 0.262 e. The van der Waals surface area contributed by atoms with Crippen LogP contribution >= 0.6 is 0 Å². The van der Waals surface area contributed by atoms with Crippen molar-refractivity contribution >= 4 is 28.7 Å². The lowest BCUT2D eigenvalue weighted by Gasteiger charge is -2.19. The number of benzene rings is 2. The summed E-state index contributed by atoms with van der Waals surface area (Å²) in [6.07, 6.45) is 1.58. The highest BCUT2D eigenvalue weighted by atomic mass is 16.5. The third-order valence-corrected chi connectivity index (χ3v) is 5.39. The number of H-pyrrole nitrogens is 1. The second-order valence-electron chi connectivity index (χ2n) is 7.35. The van der Waals surface area contributed by atoms with E-state index in [-0.39, 0.29) is 12.5 Å². The smallest absolute Gasteiger partial charge is 0.262 e. The number of hydrogen-bond acceptors (Lipinski definition) is 8. The Hall–Kier alpha value is -4.85. The summed E-state index contributed by atoms with van der Waals surface area (Å²) in [5, 5.41) is 18.7. The van der Waals surface area contributed by atoms with Crippen molar-refractivity contribution in [1.29, 1.82) is 5.26 Å². The maximum atomic E-state index is 11.7. The van der Waals surface area contributed by atoms with Crippen LogP contribution in [0.25, 0.3) is 16.9 Å². The van der Waals surface area contributed by atoms with E-state index in [1.54, 1.807) is 35.0 Å². The predicted octanol–water partition coefficient (Wildman–Crippen LogP) is 3.30. The zero-order valence-electron chi connectivity index (χ0n) is 18.6. The second kappa shape index (κ2) is 8.25. The minimum absolute atomic E-state index is 0.0201. The van der Waals surface area contributed by atoms with Crippen LogP contribution in [0, 0.1) is 11.3 Å². The second-order valence-corrected chi connectivity index (χ2v) is 7.35. The molecule has 0 saturated carbocycles. The molecule has 3 heterocycles. The average molecular weight is 460 g/mol. The fraction of sp³-hybridized carbons (Fsp3) is 0.174. The quantitative estimate of drug-likeness (QED) is 0.399. The first-order chi connectivity index (χ1) is 16.6. The summed E-state index contributed by atoms with van der Waals surface area (Å²) in [6, 6.07) is 11.1. The van der Waals surface area contributed by atoms with Crippen LogP contribution in [0.1, 0.15) is 5.56 Å². The van der Waals surface area contributed by atoms with Crippen molar-refractivity contribution in [2.45, 2.75) is 0 Å². The average Bonchev–Trinajstić information content (AvgIpc) is 3.42. The van der Waals surface area contributed by atoms with Gasteiger partial charge in [0, 0.05) is 17.4 Å². The lowest BCUT2D eigenvalue weighted by atomic mass is 10.1. The van der Waals surface area contributed by atoms with Crippen molar-refractivity contribution in [3.05, 3.63) is 42.1 Å². The fourth-order valence-corrected chi connectivity index (χ4v) is 3.83. The van der Waals surface area contributed by atoms with E-state index in [0.717, 1.165) is 0 Å². The molecule has 1 aliphatic heterocycles. The van der Waals surface area contributed by atoms with E-state index in [0.29, 0.717) is 62.7 Å². The van der Waals surface area contributed by atoms with Crippen LogP contribution in [0.3, 0.4) is 0 Å². The van der Waals surface area contributed by atoms with E-state index in [4.69, 9.17) is 23.9 Å². The van der Waals surface area contributed by atoms with Crippen LogP contribution in [0.5, 0.6) is 23.0 Å². The molecule has 0 aliphatic carbocycles. The minimum atomic E-state index is -0.225. The topological polar surface area (TPSA) is 135 Å². The number of ether oxygens (including phenoxy) is 4. The highest BCUT2D eigenvalue weighted by Gasteiger charge is 2.23. The van der Waals surface area contributed by atoms with Gasteiger partial charge in [-0.1, -0.05) is 0 Å². The summed E-state index contributed by atoms with van der Waals surface area (Å²) in [5.41, 5.74) is 3.28. The Balaban J connectivity index is 1.66. The highest BCUT2D eigenvalue weighted by molar-refractivity contribution is 5.96. The number of amides is 1. The Morgan fingerprint density at radius 2 is 1.91 bits per heavy atom. The van der Waals surface area contributed by atoms with Gasteiger partial charge in [0.05, 0.1) is 27.0 Å². The maximum absolute atomic E-state index is 11.7. The van der Waals surface area contributed by atoms with Gasteiger partial charge in [0.1, 0.15) is 23.1 Å². The Kier molecular flexibility index (Phi) is 5.10. The molecule has 1 aliphatic rings. The highest BCUT2D eigenvalue weighted by Crippen LogP contribution is 2.43. The number of nitriles is 1. The number of carbonyl (C=O) groups excluding carboxylic acids is 1. The van der Waals surface area contributed by atoms with Gasteiger partial charge in [-0.3, -0.25) is 9.89 Å². The van der Waals surface area contributed by atoms with Crippen molar-refractivity contribution in [2.75, 3.05) is 38.6 Å². The zero-order chi connectivity index (χ0) is 23.8. The van der Waals surface area contributed by atoms with Gasteiger partial charge in [-0.15, -0.1) is 0 Å². The summed E-state index contributed by atoms with van der Waals surface area (Å²) >= 11 is 0. The molecule has 0 unspecified atom stereocenters. The number of aromatic amines is 1. The molecule has 0 bridgehead atoms. The SMILES string of the molecule is COc1cc(-c2nc3c(C#N)c[nH]n3c2Nc2ccc3c(c2)NC(=O)CO3)cc(OC)c1OC. The van der Waals surface area contributed by atoms with Gasteiger partial charge in [-0.25, -0.2) is 9.50 Å². The molecule has 34 heavy (non-hydrogen) atoms. The van der Waals surface area contributed by atoms with Crippen LogP contribution < -0.4 is 29.6 Å². The standard InChI is InChI=1S/C23H20N6O5/c1-31-17-6-12(7-18(32-2)21(17)33-3)20-23(29-22(28-20)13(9-24)10-25-29)26-14-4-5-16-15(8-14)27-19(30)11-34-16/h4-8,10,25-26H,11H2,1-3H3,(H,27,30). The van der Waals surface area contributed by atoms with Crippen LogP contribution in [0.2, 0.25) is 0 Å². The van der Waals surface area contributed by atoms with Crippen molar-refractivity contribution in [3.8, 4) is 40.3 Å². The fourth-order valence-electron chi connectivity index (χ4n) is 3.83. The number of anilines is 3. The van der Waals surface area contributed by atoms with E-state index in [1.165, 1.54) is 21.3 Å². The Labute approximate surface area is 193 Å². The van der Waals surface area contributed by atoms with Gasteiger partial charge in [0.25, 0.3) is 5.91 Å². The molecule has 0 fully saturated rings. The van der Waals surface area contributed by atoms with Crippen molar-refractivity contribution in [2.24, 2.45) is 0 Å². The first-order valence-electron chi connectivity index (χ1n) is 10.2. The molecule has 0 spiro atoms. The molecule has 0 radical (unpaired) electrons. The number of hydrogen-bond donors (Lipinski definition) is 3. The van der Waals surface area contributed by atoms with Gasteiger partial charge in [0.15, 0.2) is 29.6 Å². The van der Waals surface area contributed by atoms with Crippen LogP contribution in [0.15, 0.2) is 36.5 Å². The van der Waals surface area contributed by atoms with Gasteiger partial charge in [-0.2, -0.15) is 5.26 Å². The van der Waals surface area contributed by atoms with E-state index in [1.807, 2.05) is 6.07 Å². The van der Waals surface area contributed by atoms with E-state index < -0.39 is 0 Å². The summed E-state index contributed by atoms with van der Waals surface area (Å²) in [5.74, 6) is 2.31. The van der Waals surface area contributed by atoms with Crippen LogP contribution in [-0.4, -0.2) is 48.4 Å². The van der Waals surface area contributed by atoms with Crippen LogP contribution in [-0.2, 0) is 4.79 Å². The molecule has 3 N–H and O–H groups in total. The largest absolute Gasteiger partial charge is 0.493 e. The third kappa shape index (κ3) is 3.38. The number of methoxy groups -OCH3 is 3. The number of aromatic nitrogens is 3. The number of carbonyl (C=O) groups is 1. The summed E-state index contributed by atoms with van der Waals surface area (Å²) < 4.78 is 23.5. The normalized spacial score (nSPS) is 12.4. The van der Waals surface area contributed by atoms with Crippen molar-refractivity contribution in [1.82, 2.24) is 14.6 Å². The number of rotatable bonds is 6. The molecule has 0 atom stereocenters. The number of fused-ring (bicyclic) bond motifs is 2. The molecular formula is C23H20N6O5. The van der Waals surface area contributed by atoms with Gasteiger partial charge < -0.3 is 29.6 Å². The molecule has 4 aromatic rings. The molecule has 2 aromatic heterocycles. The monoisotopic (exact) mass is 460 g/mol. The molecule has 5 rings (SSSR count). The first kappa shape index (κ1) is 21.0. The van der Waals surface area contributed by atoms with Crippen molar-refractivity contribution < 1.29 is 23.7 Å². The summed E-state index contributed by atoms with van der Waals surface area (Å²) in [4.78, 5) is 16.5. The minimum Gasteiger partial charge on any atom is -0.493 e. The van der Waals surface area contributed by atoms with Crippen molar-refractivity contribution in [3.63, 3.8) is 0 Å². The van der Waals surface area contributed by atoms with Gasteiger partial charge in [0.2, 0.25) is 5.75 Å². The number of nitrogens with zero attached hydrogens (tertiary/aromatic N) is 3. The molecule has 1 amide bonds. The van der Waals surface area contributed by atoms with Crippen LogP contribution in [0.4, 0.5) is 17.2 Å². The Morgan fingerprint density at radius 3 is 2.59 bits per heavy atom. The van der Waals surface area contributed by atoms with Gasteiger partial charge >= 0.3 is 0 Å². The Bertz CT molecular complexity index is 1440. The third-order valence-electron chi connectivity index (χ3n) is 5.39. The molecular weight excluding hydrogens is 440 g/mol. The molecule has 172 valence electrons. The summed E-state index contributed by atoms with van der Waals surface area (Å²) in [7, 11) is 4.61. The van der Waals surface area contributed by atoms with E-state index in [2.05, 4.69) is 21.8 Å².